The van der Waals surface area contributed by atoms with Crippen LogP contribution in [0.3, 0.4) is 0 Å². The molecule has 1 aromatic carbocycles. The first kappa shape index (κ1) is 15.2. The fraction of sp³-hybridized carbons (Fsp3) is 0.357. The molecule has 98 valence electrons. The van der Waals surface area contributed by atoms with Crippen LogP contribution in [-0.4, -0.2) is 23.2 Å². The molecule has 0 radical (unpaired) electrons. The molecule has 1 rings (SSSR count). The van der Waals surface area contributed by atoms with Gasteiger partial charge in [-0.3, -0.25) is 4.79 Å². The van der Waals surface area contributed by atoms with Crippen molar-refractivity contribution in [3.8, 4) is 5.75 Å². The van der Waals surface area contributed by atoms with Crippen LogP contribution in [0.15, 0.2) is 29.8 Å². The highest BCUT2D eigenvalue weighted by atomic mass is 32.2. The van der Waals surface area contributed by atoms with Crippen LogP contribution in [0, 0.1) is 0 Å². The number of methoxy groups -OCH3 is 1. The van der Waals surface area contributed by atoms with E-state index >= 15 is 0 Å². The van der Waals surface area contributed by atoms with Crippen LogP contribution in [0.25, 0.3) is 6.08 Å². The number of hydrogen-bond donors (Lipinski definition) is 1. The molecule has 18 heavy (non-hydrogen) atoms. The van der Waals surface area contributed by atoms with E-state index in [0.29, 0.717) is 0 Å². The Balaban J connectivity index is 2.66. The van der Waals surface area contributed by atoms with Crippen molar-refractivity contribution in [3.63, 3.8) is 0 Å². The van der Waals surface area contributed by atoms with Gasteiger partial charge in [0.15, 0.2) is 0 Å². The lowest BCUT2D eigenvalue weighted by Crippen LogP contribution is -2.01. The van der Waals surface area contributed by atoms with Gasteiger partial charge in [0.05, 0.1) is 7.11 Å². The van der Waals surface area contributed by atoms with E-state index in [9.17, 15) is 4.79 Å². The summed E-state index contributed by atoms with van der Waals surface area (Å²) >= 11 is 5.57. The quantitative estimate of drug-likeness (QED) is 0.659. The number of ether oxygens (including phenoxy) is 1. The van der Waals surface area contributed by atoms with E-state index in [1.807, 2.05) is 44.2 Å². The molecule has 0 fully saturated rings. The van der Waals surface area contributed by atoms with Gasteiger partial charge in [0.2, 0.25) is 5.12 Å². The Bertz CT molecular complexity index is 422. The fourth-order valence-corrected chi connectivity index (χ4v) is 2.22. The molecule has 0 heterocycles. The van der Waals surface area contributed by atoms with E-state index in [0.717, 1.165) is 22.6 Å². The standard InChI is InChI=1S/C14H18O2S2/c1-10(14(15)18-9-11(2)17)8-12-4-6-13(16-3)7-5-12/h4-8,11,17H,9H2,1-3H3/b10-8+. The Morgan fingerprint density at radius 2 is 2.06 bits per heavy atom. The lowest BCUT2D eigenvalue weighted by Gasteiger charge is -2.04. The molecule has 1 aromatic rings. The maximum absolute atomic E-state index is 11.8. The van der Waals surface area contributed by atoms with Crippen molar-refractivity contribution >= 4 is 35.6 Å². The van der Waals surface area contributed by atoms with E-state index < -0.39 is 0 Å². The van der Waals surface area contributed by atoms with Gasteiger partial charge >= 0.3 is 0 Å². The topological polar surface area (TPSA) is 26.3 Å². The highest BCUT2D eigenvalue weighted by molar-refractivity contribution is 8.14. The van der Waals surface area contributed by atoms with Crippen molar-refractivity contribution in [1.29, 1.82) is 0 Å². The summed E-state index contributed by atoms with van der Waals surface area (Å²) in [7, 11) is 1.63. The van der Waals surface area contributed by atoms with Crippen LogP contribution in [0.4, 0.5) is 0 Å². The zero-order chi connectivity index (χ0) is 13.5. The van der Waals surface area contributed by atoms with Crippen LogP contribution in [0.5, 0.6) is 5.75 Å². The van der Waals surface area contributed by atoms with Crippen LogP contribution in [0.1, 0.15) is 19.4 Å². The van der Waals surface area contributed by atoms with Gasteiger partial charge in [0, 0.05) is 16.6 Å². The number of carbonyl (C=O) groups excluding carboxylic acids is 1. The Morgan fingerprint density at radius 1 is 1.44 bits per heavy atom. The number of benzene rings is 1. The third kappa shape index (κ3) is 5.19. The second-order valence-corrected chi connectivity index (χ2v) is 5.92. The Morgan fingerprint density at radius 3 is 2.56 bits per heavy atom. The molecule has 0 aliphatic carbocycles. The third-order valence-corrected chi connectivity index (χ3v) is 3.96. The highest BCUT2D eigenvalue weighted by Gasteiger charge is 2.07. The molecule has 0 bridgehead atoms. The van der Waals surface area contributed by atoms with Crippen molar-refractivity contribution in [2.45, 2.75) is 19.1 Å². The van der Waals surface area contributed by atoms with E-state index in [1.54, 1.807) is 7.11 Å². The van der Waals surface area contributed by atoms with Crippen molar-refractivity contribution in [2.24, 2.45) is 0 Å². The summed E-state index contributed by atoms with van der Waals surface area (Å²) in [4.78, 5) is 11.8. The van der Waals surface area contributed by atoms with Gasteiger partial charge in [-0.25, -0.2) is 0 Å². The molecule has 4 heteroatoms. The van der Waals surface area contributed by atoms with Gasteiger partial charge in [-0.2, -0.15) is 12.6 Å². The Kier molecular flexibility index (Phi) is 6.36. The molecule has 0 saturated heterocycles. The lowest BCUT2D eigenvalue weighted by atomic mass is 10.1. The molecule has 0 spiro atoms. The fourth-order valence-electron chi connectivity index (χ4n) is 1.32. The minimum absolute atomic E-state index is 0.103. The first-order valence-electron chi connectivity index (χ1n) is 5.70. The molecule has 1 atom stereocenters. The minimum atomic E-state index is 0.103. The van der Waals surface area contributed by atoms with E-state index in [1.165, 1.54) is 11.8 Å². The summed E-state index contributed by atoms with van der Waals surface area (Å²) < 4.78 is 5.09. The van der Waals surface area contributed by atoms with E-state index in [4.69, 9.17) is 4.74 Å². The summed E-state index contributed by atoms with van der Waals surface area (Å²) in [6, 6.07) is 7.63. The number of thiol groups is 1. The van der Waals surface area contributed by atoms with Gasteiger partial charge in [0.1, 0.15) is 5.75 Å². The molecule has 1 unspecified atom stereocenters. The molecule has 0 amide bonds. The predicted octanol–water partition coefficient (Wildman–Crippen LogP) is 3.68. The molecule has 0 aromatic heterocycles. The van der Waals surface area contributed by atoms with Crippen LogP contribution in [0.2, 0.25) is 0 Å². The zero-order valence-corrected chi connectivity index (χ0v) is 12.6. The lowest BCUT2D eigenvalue weighted by molar-refractivity contribution is -0.107. The van der Waals surface area contributed by atoms with Crippen molar-refractivity contribution in [3.05, 3.63) is 35.4 Å². The second-order valence-electron chi connectivity index (χ2n) is 4.05. The monoisotopic (exact) mass is 282 g/mol. The normalized spacial score (nSPS) is 13.2. The van der Waals surface area contributed by atoms with Gasteiger partial charge in [-0.1, -0.05) is 30.8 Å². The molecular formula is C14H18O2S2. The maximum Gasteiger partial charge on any atom is 0.215 e. The molecule has 0 aliphatic heterocycles. The zero-order valence-electron chi connectivity index (χ0n) is 10.8. The minimum Gasteiger partial charge on any atom is -0.497 e. The molecular weight excluding hydrogens is 264 g/mol. The SMILES string of the molecule is COc1ccc(/C=C(\C)C(=O)SCC(C)S)cc1. The number of carbonyl (C=O) groups is 1. The van der Waals surface area contributed by atoms with Crippen molar-refractivity contribution in [1.82, 2.24) is 0 Å². The summed E-state index contributed by atoms with van der Waals surface area (Å²) in [5, 5.41) is 0.333. The number of thioether (sulfide) groups is 1. The summed E-state index contributed by atoms with van der Waals surface area (Å²) in [6.45, 7) is 3.81. The summed E-state index contributed by atoms with van der Waals surface area (Å²) in [5.74, 6) is 1.55. The van der Waals surface area contributed by atoms with Crippen LogP contribution in [-0.2, 0) is 4.79 Å². The van der Waals surface area contributed by atoms with Crippen LogP contribution < -0.4 is 4.74 Å². The molecule has 0 N–H and O–H groups in total. The number of rotatable bonds is 5. The molecule has 0 saturated carbocycles. The molecule has 2 nitrogen and oxygen atoms in total. The summed E-state index contributed by atoms with van der Waals surface area (Å²) in [5.41, 5.74) is 1.75. The largest absolute Gasteiger partial charge is 0.497 e. The van der Waals surface area contributed by atoms with Gasteiger partial charge in [-0.15, -0.1) is 0 Å². The maximum atomic E-state index is 11.8. The van der Waals surface area contributed by atoms with E-state index in [-0.39, 0.29) is 10.4 Å². The average molecular weight is 282 g/mol. The highest BCUT2D eigenvalue weighted by Crippen LogP contribution is 2.18. The summed E-state index contributed by atoms with van der Waals surface area (Å²) in [6.07, 6.45) is 1.89. The number of hydrogen-bond acceptors (Lipinski definition) is 4. The van der Waals surface area contributed by atoms with Gasteiger partial charge in [-0.05, 0) is 30.7 Å². The van der Waals surface area contributed by atoms with Crippen molar-refractivity contribution in [2.75, 3.05) is 12.9 Å². The van der Waals surface area contributed by atoms with E-state index in [2.05, 4.69) is 12.6 Å². The Hall–Kier alpha value is -0.870. The van der Waals surface area contributed by atoms with Crippen molar-refractivity contribution < 1.29 is 9.53 Å². The third-order valence-electron chi connectivity index (χ3n) is 2.28. The first-order valence-corrected chi connectivity index (χ1v) is 7.20. The van der Waals surface area contributed by atoms with Gasteiger partial charge < -0.3 is 4.74 Å². The van der Waals surface area contributed by atoms with Gasteiger partial charge in [0.25, 0.3) is 0 Å². The molecule has 0 aliphatic rings. The Labute approximate surface area is 118 Å². The predicted molar refractivity (Wildman–Crippen MR) is 82.6 cm³/mol. The first-order chi connectivity index (χ1) is 8.52. The average Bonchev–Trinajstić information content (AvgIpc) is 2.36. The van der Waals surface area contributed by atoms with Crippen LogP contribution >= 0.6 is 24.4 Å². The second kappa shape index (κ2) is 7.54. The smallest absolute Gasteiger partial charge is 0.215 e.